The molecule has 54 valence electrons. The van der Waals surface area contributed by atoms with Gasteiger partial charge in [0.25, 0.3) is 0 Å². The van der Waals surface area contributed by atoms with Crippen LogP contribution in [0.4, 0.5) is 0 Å². The summed E-state index contributed by atoms with van der Waals surface area (Å²) >= 11 is 5.19. The first kappa shape index (κ1) is 11.6. The largest absolute Gasteiger partial charge is 0.383 e. The number of allylic oxidation sites excluding steroid dienone is 1. The lowest BCUT2D eigenvalue weighted by Gasteiger charge is -2.00. The first-order valence-electron chi connectivity index (χ1n) is 2.21. The van der Waals surface area contributed by atoms with Gasteiger partial charge in [0.15, 0.2) is 0 Å². The molecule has 0 aromatic carbocycles. The van der Waals surface area contributed by atoms with Crippen molar-refractivity contribution in [2.45, 2.75) is 0 Å². The highest BCUT2D eigenvalue weighted by atomic mass is 35.5. The van der Waals surface area contributed by atoms with Crippen LogP contribution < -0.4 is 0 Å². The van der Waals surface area contributed by atoms with Crippen LogP contribution in [-0.4, -0.2) is 24.2 Å². The number of halogens is 2. The van der Waals surface area contributed by atoms with Crippen molar-refractivity contribution < 1.29 is 0 Å². The predicted octanol–water partition coefficient (Wildman–Crippen LogP) is 1.70. The van der Waals surface area contributed by atoms with Gasteiger partial charge in [0.2, 0.25) is 0 Å². The van der Waals surface area contributed by atoms with Gasteiger partial charge in [-0.1, -0.05) is 11.6 Å². The normalized spacial score (nSPS) is 8.78. The molecule has 0 heterocycles. The Morgan fingerprint density at radius 2 is 2.00 bits per heavy atom. The summed E-state index contributed by atoms with van der Waals surface area (Å²) in [5.74, 6) is 0. The molecule has 0 rings (SSSR count). The highest BCUT2D eigenvalue weighted by Gasteiger charge is 1.78. The maximum atomic E-state index is 6.74. The van der Waals surface area contributed by atoms with E-state index in [4.69, 9.17) is 17.0 Å². The van der Waals surface area contributed by atoms with Crippen LogP contribution in [-0.2, 0) is 0 Å². The molecule has 0 aromatic rings. The average molecular weight is 169 g/mol. The van der Waals surface area contributed by atoms with Crippen LogP contribution in [0.1, 0.15) is 0 Å². The fourth-order valence-electron chi connectivity index (χ4n) is 0.215. The summed E-state index contributed by atoms with van der Waals surface area (Å²) < 4.78 is 0. The Bertz CT molecular complexity index is 110. The fraction of sp³-hybridized carbons (Fsp3) is 0.400. The second-order valence-electron chi connectivity index (χ2n) is 1.63. The third-order valence-electron chi connectivity index (χ3n) is 0.519. The van der Waals surface area contributed by atoms with Gasteiger partial charge >= 0.3 is 0 Å². The highest BCUT2D eigenvalue weighted by molar-refractivity contribution is 6.67. The van der Waals surface area contributed by atoms with E-state index in [1.165, 1.54) is 6.08 Å². The molecule has 0 radical (unpaired) electrons. The molecule has 0 aromatic heterocycles. The molecule has 0 aliphatic rings. The van der Waals surface area contributed by atoms with Crippen LogP contribution in [0.2, 0.25) is 0 Å². The topological polar surface area (TPSA) is 27.1 Å². The molecule has 4 heteroatoms. The van der Waals surface area contributed by atoms with Crippen molar-refractivity contribution in [3.8, 4) is 0 Å². The van der Waals surface area contributed by atoms with Crippen LogP contribution in [0.3, 0.4) is 0 Å². The van der Waals surface area contributed by atoms with E-state index >= 15 is 0 Å². The predicted molar refractivity (Wildman–Crippen MR) is 43.7 cm³/mol. The molecule has 2 nitrogen and oxygen atoms in total. The second kappa shape index (κ2) is 5.92. The smallest absolute Gasteiger partial charge is 0.122 e. The average Bonchev–Trinajstić information content (AvgIpc) is 1.61. The van der Waals surface area contributed by atoms with E-state index in [-0.39, 0.29) is 17.6 Å². The lowest BCUT2D eigenvalue weighted by molar-refractivity contribution is 0.564. The van der Waals surface area contributed by atoms with Crippen molar-refractivity contribution in [3.05, 3.63) is 12.3 Å². The zero-order valence-electron chi connectivity index (χ0n) is 5.39. The molecule has 9 heavy (non-hydrogen) atoms. The first-order valence-corrected chi connectivity index (χ1v) is 2.59. The standard InChI is InChI=1S/C5H9ClN2.ClH/c1-8(2)4-3-5(6)7;/h3-4,7H,1-2H3;1H. The van der Waals surface area contributed by atoms with E-state index in [1.54, 1.807) is 6.20 Å². The van der Waals surface area contributed by atoms with Crippen molar-refractivity contribution in [2.24, 2.45) is 0 Å². The Morgan fingerprint density at radius 1 is 1.56 bits per heavy atom. The summed E-state index contributed by atoms with van der Waals surface area (Å²) in [7, 11) is 3.74. The van der Waals surface area contributed by atoms with Gasteiger partial charge < -0.3 is 4.90 Å². The van der Waals surface area contributed by atoms with Crippen molar-refractivity contribution >= 4 is 29.2 Å². The summed E-state index contributed by atoms with van der Waals surface area (Å²) in [6.45, 7) is 0. The van der Waals surface area contributed by atoms with Crippen molar-refractivity contribution in [1.82, 2.24) is 4.90 Å². The number of nitrogens with one attached hydrogen (secondary N) is 1. The number of hydrogen-bond donors (Lipinski definition) is 1. The Balaban J connectivity index is 0. The van der Waals surface area contributed by atoms with E-state index in [2.05, 4.69) is 0 Å². The van der Waals surface area contributed by atoms with E-state index in [0.29, 0.717) is 0 Å². The van der Waals surface area contributed by atoms with Gasteiger partial charge in [-0.05, 0) is 6.08 Å². The number of rotatable bonds is 2. The van der Waals surface area contributed by atoms with Gasteiger partial charge in [-0.2, -0.15) is 0 Å². The summed E-state index contributed by atoms with van der Waals surface area (Å²) in [5, 5.41) is 6.79. The Morgan fingerprint density at radius 3 is 2.11 bits per heavy atom. The molecule has 0 atom stereocenters. The molecule has 0 saturated heterocycles. The first-order chi connectivity index (χ1) is 3.63. The van der Waals surface area contributed by atoms with Gasteiger partial charge in [-0.3, -0.25) is 5.41 Å². The van der Waals surface area contributed by atoms with Crippen LogP contribution >= 0.6 is 24.0 Å². The minimum Gasteiger partial charge on any atom is -0.383 e. The van der Waals surface area contributed by atoms with Crippen LogP contribution in [0.25, 0.3) is 0 Å². The van der Waals surface area contributed by atoms with E-state index in [1.807, 2.05) is 19.0 Å². The molecular formula is C5H10Cl2N2. The van der Waals surface area contributed by atoms with E-state index in [0.717, 1.165) is 0 Å². The molecule has 1 N–H and O–H groups in total. The number of nitrogens with zero attached hydrogens (tertiary/aromatic N) is 1. The van der Waals surface area contributed by atoms with Gasteiger partial charge in [0, 0.05) is 20.3 Å². The minimum absolute atomic E-state index is 0. The maximum absolute atomic E-state index is 6.74. The van der Waals surface area contributed by atoms with Crippen molar-refractivity contribution in [3.63, 3.8) is 0 Å². The van der Waals surface area contributed by atoms with Crippen molar-refractivity contribution in [2.75, 3.05) is 14.1 Å². The molecule has 0 aliphatic heterocycles. The summed E-state index contributed by atoms with van der Waals surface area (Å²) in [6, 6.07) is 0. The lowest BCUT2D eigenvalue weighted by atomic mass is 10.6. The Kier molecular flexibility index (Phi) is 7.61. The third-order valence-corrected chi connectivity index (χ3v) is 0.645. The Hall–Kier alpha value is -0.210. The van der Waals surface area contributed by atoms with Gasteiger partial charge in [-0.15, -0.1) is 12.4 Å². The molecule has 0 unspecified atom stereocenters. The summed E-state index contributed by atoms with van der Waals surface area (Å²) in [6.07, 6.45) is 3.23. The van der Waals surface area contributed by atoms with Crippen molar-refractivity contribution in [1.29, 1.82) is 5.41 Å². The van der Waals surface area contributed by atoms with Crippen LogP contribution in [0.15, 0.2) is 12.3 Å². The van der Waals surface area contributed by atoms with Gasteiger partial charge in [0.1, 0.15) is 5.17 Å². The second-order valence-corrected chi connectivity index (χ2v) is 2.03. The number of hydrogen-bond acceptors (Lipinski definition) is 2. The summed E-state index contributed by atoms with van der Waals surface area (Å²) in [4.78, 5) is 1.82. The Labute approximate surface area is 66.4 Å². The van der Waals surface area contributed by atoms with E-state index < -0.39 is 0 Å². The van der Waals surface area contributed by atoms with Gasteiger partial charge in [-0.25, -0.2) is 0 Å². The minimum atomic E-state index is 0. The molecule has 0 amide bonds. The monoisotopic (exact) mass is 168 g/mol. The van der Waals surface area contributed by atoms with E-state index in [9.17, 15) is 0 Å². The van der Waals surface area contributed by atoms with Crippen LogP contribution in [0, 0.1) is 5.41 Å². The molecule has 0 saturated carbocycles. The molecule has 0 fully saturated rings. The lowest BCUT2D eigenvalue weighted by Crippen LogP contribution is -2.00. The zero-order valence-corrected chi connectivity index (χ0v) is 6.96. The molecule has 0 spiro atoms. The third kappa shape index (κ3) is 11.4. The zero-order chi connectivity index (χ0) is 6.57. The highest BCUT2D eigenvalue weighted by Crippen LogP contribution is 1.83. The molecule has 0 aliphatic carbocycles. The van der Waals surface area contributed by atoms with Gasteiger partial charge in [0.05, 0.1) is 0 Å². The SMILES string of the molecule is CN(C)C=CC(=N)Cl.Cl. The quantitative estimate of drug-likeness (QED) is 0.625. The maximum Gasteiger partial charge on any atom is 0.122 e. The fourth-order valence-corrected chi connectivity index (χ4v) is 0.271. The summed E-state index contributed by atoms with van der Waals surface area (Å²) in [5.41, 5.74) is 0. The molecule has 0 bridgehead atoms. The molecular weight excluding hydrogens is 159 g/mol. The van der Waals surface area contributed by atoms with Crippen LogP contribution in [0.5, 0.6) is 0 Å².